The summed E-state index contributed by atoms with van der Waals surface area (Å²) < 4.78 is 0. The summed E-state index contributed by atoms with van der Waals surface area (Å²) in [6.45, 7) is 0. The fraction of sp³-hybridized carbons (Fsp3) is 0.333. The van der Waals surface area contributed by atoms with Gasteiger partial charge in [-0.25, -0.2) is 19.7 Å². The number of primary amides is 1. The van der Waals surface area contributed by atoms with E-state index in [0.717, 1.165) is 5.56 Å². The quantitative estimate of drug-likeness (QED) is 0.371. The molecule has 2 amide bonds. The second kappa shape index (κ2) is 9.14. The summed E-state index contributed by atoms with van der Waals surface area (Å²) >= 11 is 5.76. The van der Waals surface area contributed by atoms with Crippen LogP contribution in [0.1, 0.15) is 24.5 Å². The van der Waals surface area contributed by atoms with Crippen LogP contribution in [-0.2, 0) is 0 Å². The van der Waals surface area contributed by atoms with Crippen LogP contribution in [0, 0.1) is 5.92 Å². The zero-order chi connectivity index (χ0) is 21.0. The number of aromatic nitrogens is 4. The fourth-order valence-corrected chi connectivity index (χ4v) is 3.34. The highest BCUT2D eigenvalue weighted by molar-refractivity contribution is 6.30. The Balaban J connectivity index is 0.000000169. The van der Waals surface area contributed by atoms with Crippen LogP contribution in [0.15, 0.2) is 36.9 Å². The number of imidazole rings is 1. The van der Waals surface area contributed by atoms with E-state index >= 15 is 0 Å². The number of hydrogen-bond donors (Lipinski definition) is 6. The van der Waals surface area contributed by atoms with Crippen LogP contribution in [0.4, 0.5) is 10.6 Å². The minimum absolute atomic E-state index is 0.295. The van der Waals surface area contributed by atoms with Crippen molar-refractivity contribution in [1.29, 1.82) is 0 Å². The van der Waals surface area contributed by atoms with Gasteiger partial charge in [-0.1, -0.05) is 23.7 Å². The Kier molecular flexibility index (Phi) is 6.60. The summed E-state index contributed by atoms with van der Waals surface area (Å²) in [7, 11) is 0. The molecule has 1 fully saturated rings. The number of aromatic amines is 1. The first-order valence-corrected chi connectivity index (χ1v) is 9.24. The summed E-state index contributed by atoms with van der Waals surface area (Å²) in [5.41, 5.74) is 6.71. The number of carbonyl (C=O) groups is 1. The van der Waals surface area contributed by atoms with E-state index in [1.807, 2.05) is 0 Å². The van der Waals surface area contributed by atoms with Crippen molar-refractivity contribution in [3.63, 3.8) is 0 Å². The third kappa shape index (κ3) is 4.98. The van der Waals surface area contributed by atoms with Crippen molar-refractivity contribution in [3.05, 3.63) is 47.5 Å². The molecular weight excluding hydrogens is 400 g/mol. The Labute approximate surface area is 170 Å². The molecule has 4 rings (SSSR count). The predicted octanol–water partition coefficient (Wildman–Crippen LogP) is 1.35. The number of fused-ring (bicyclic) bond motifs is 1. The maximum atomic E-state index is 10.6. The number of nitrogens with one attached hydrogen (secondary N) is 2. The number of aliphatic hydroxyl groups is 3. The van der Waals surface area contributed by atoms with Gasteiger partial charge in [0.05, 0.1) is 24.6 Å². The molecular formula is C18H21ClN6O4. The number of anilines is 1. The number of nitrogens with zero attached hydrogens (tertiary/aromatic N) is 3. The van der Waals surface area contributed by atoms with Crippen LogP contribution in [0.2, 0.25) is 5.02 Å². The number of rotatable bonds is 3. The number of benzene rings is 1. The van der Waals surface area contributed by atoms with Crippen molar-refractivity contribution in [3.8, 4) is 0 Å². The third-order valence-corrected chi connectivity index (χ3v) is 4.96. The predicted molar refractivity (Wildman–Crippen MR) is 106 cm³/mol. The molecule has 2 heterocycles. The highest BCUT2D eigenvalue weighted by atomic mass is 35.5. The largest absolute Gasteiger partial charge is 0.390 e. The Morgan fingerprint density at radius 1 is 1.21 bits per heavy atom. The zero-order valence-corrected chi connectivity index (χ0v) is 16.0. The molecule has 1 aromatic carbocycles. The van der Waals surface area contributed by atoms with Crippen LogP contribution < -0.4 is 11.1 Å². The molecule has 1 saturated carbocycles. The fourth-order valence-electron chi connectivity index (χ4n) is 3.22. The van der Waals surface area contributed by atoms with E-state index in [1.54, 1.807) is 24.3 Å². The number of hydrogen-bond acceptors (Lipinski definition) is 7. The lowest BCUT2D eigenvalue weighted by atomic mass is 9.92. The van der Waals surface area contributed by atoms with Gasteiger partial charge in [0.15, 0.2) is 11.5 Å². The van der Waals surface area contributed by atoms with Crippen molar-refractivity contribution in [2.24, 2.45) is 11.7 Å². The Bertz CT molecular complexity index is 966. The summed E-state index contributed by atoms with van der Waals surface area (Å²) in [6.07, 6.45) is 1.63. The van der Waals surface area contributed by atoms with Crippen LogP contribution in [-0.4, -0.2) is 53.5 Å². The lowest BCUT2D eigenvalue weighted by molar-refractivity contribution is -0.0210. The second-order valence-corrected chi connectivity index (χ2v) is 7.04. The van der Waals surface area contributed by atoms with Gasteiger partial charge < -0.3 is 26.0 Å². The minimum Gasteiger partial charge on any atom is -0.390 e. The molecule has 0 aliphatic heterocycles. The minimum atomic E-state index is -0.842. The lowest BCUT2D eigenvalue weighted by Gasteiger charge is -2.22. The van der Waals surface area contributed by atoms with Gasteiger partial charge in [0.1, 0.15) is 11.8 Å². The molecule has 7 N–H and O–H groups in total. The maximum absolute atomic E-state index is 10.6. The summed E-state index contributed by atoms with van der Waals surface area (Å²) in [4.78, 5) is 24.9. The number of aliphatic hydroxyl groups excluding tert-OH is 3. The number of halogens is 1. The van der Waals surface area contributed by atoms with Gasteiger partial charge in [-0.3, -0.25) is 5.32 Å². The molecule has 10 nitrogen and oxygen atoms in total. The highest BCUT2D eigenvalue weighted by Gasteiger charge is 2.38. The molecule has 1 aliphatic rings. The molecule has 0 spiro atoms. The number of urea groups is 1. The Morgan fingerprint density at radius 3 is 2.55 bits per heavy atom. The number of H-pyrrole nitrogens is 1. The van der Waals surface area contributed by atoms with E-state index in [-0.39, 0.29) is 5.92 Å². The van der Waals surface area contributed by atoms with Crippen molar-refractivity contribution in [1.82, 2.24) is 19.9 Å². The molecule has 29 heavy (non-hydrogen) atoms. The average molecular weight is 421 g/mol. The van der Waals surface area contributed by atoms with E-state index in [2.05, 4.69) is 25.3 Å². The number of nitrogens with two attached hydrogens (primary N) is 1. The van der Waals surface area contributed by atoms with Gasteiger partial charge in [0, 0.05) is 10.9 Å². The number of amides is 2. The van der Waals surface area contributed by atoms with Crippen LogP contribution >= 0.6 is 11.6 Å². The summed E-state index contributed by atoms with van der Waals surface area (Å²) in [5, 5.41) is 32.2. The van der Waals surface area contributed by atoms with Crippen molar-refractivity contribution in [2.45, 2.75) is 31.2 Å². The Morgan fingerprint density at radius 2 is 1.93 bits per heavy atom. The summed E-state index contributed by atoms with van der Waals surface area (Å²) in [6, 6.07) is 6.22. The average Bonchev–Trinajstić information content (AvgIpc) is 3.30. The molecule has 1 aliphatic carbocycles. The standard InChI is InChI=1S/C12H15ClO3.C6H6N6O/c13-8-3-1-7(2-4-8)11(15)9-5-6-10(14)12(9)16;7-6(13)12-5-3-4(9-1-8-3)10-2-11-5/h1-4,9-12,14-16H,5-6H2;1-2H,(H4,7,8,9,10,11,12,13). The lowest BCUT2D eigenvalue weighted by Crippen LogP contribution is -2.28. The molecule has 0 radical (unpaired) electrons. The molecule has 11 heteroatoms. The van der Waals surface area contributed by atoms with Crippen molar-refractivity contribution in [2.75, 3.05) is 5.32 Å². The first-order chi connectivity index (χ1) is 13.9. The van der Waals surface area contributed by atoms with Gasteiger partial charge >= 0.3 is 6.03 Å². The van der Waals surface area contributed by atoms with Gasteiger partial charge in [0.2, 0.25) is 0 Å². The maximum Gasteiger partial charge on any atom is 0.317 e. The van der Waals surface area contributed by atoms with E-state index in [1.165, 1.54) is 12.7 Å². The molecule has 3 aromatic rings. The first-order valence-electron chi connectivity index (χ1n) is 8.87. The highest BCUT2D eigenvalue weighted by Crippen LogP contribution is 2.36. The van der Waals surface area contributed by atoms with E-state index in [0.29, 0.717) is 34.8 Å². The second-order valence-electron chi connectivity index (χ2n) is 6.61. The first kappa shape index (κ1) is 20.9. The van der Waals surface area contributed by atoms with Crippen molar-refractivity contribution >= 4 is 34.6 Å². The van der Waals surface area contributed by atoms with E-state index < -0.39 is 24.3 Å². The molecule has 0 saturated heterocycles. The molecule has 2 aromatic heterocycles. The van der Waals surface area contributed by atoms with Crippen LogP contribution in [0.5, 0.6) is 0 Å². The van der Waals surface area contributed by atoms with E-state index in [4.69, 9.17) is 17.3 Å². The van der Waals surface area contributed by atoms with Gasteiger partial charge in [-0.2, -0.15) is 0 Å². The number of carbonyl (C=O) groups excluding carboxylic acids is 1. The molecule has 0 bridgehead atoms. The van der Waals surface area contributed by atoms with Gasteiger partial charge in [-0.15, -0.1) is 0 Å². The zero-order valence-electron chi connectivity index (χ0n) is 15.2. The smallest absolute Gasteiger partial charge is 0.317 e. The Hall–Kier alpha value is -2.79. The topological polar surface area (TPSA) is 170 Å². The van der Waals surface area contributed by atoms with Gasteiger partial charge in [0.25, 0.3) is 0 Å². The molecule has 4 atom stereocenters. The SMILES string of the molecule is NC(=O)Nc1ncnc2nc[nH]c12.OC1CCC(C(O)c2ccc(Cl)cc2)C1O. The van der Waals surface area contributed by atoms with Gasteiger partial charge in [-0.05, 0) is 30.5 Å². The van der Waals surface area contributed by atoms with Crippen LogP contribution in [0.3, 0.4) is 0 Å². The van der Waals surface area contributed by atoms with E-state index in [9.17, 15) is 20.1 Å². The van der Waals surface area contributed by atoms with Crippen LogP contribution in [0.25, 0.3) is 11.2 Å². The third-order valence-electron chi connectivity index (χ3n) is 4.71. The summed E-state index contributed by atoms with van der Waals surface area (Å²) in [5.74, 6) is 0.0335. The monoisotopic (exact) mass is 420 g/mol. The normalized spacial score (nSPS) is 22.0. The van der Waals surface area contributed by atoms with Crippen molar-refractivity contribution < 1.29 is 20.1 Å². The molecule has 154 valence electrons. The molecule has 4 unspecified atom stereocenters.